The van der Waals surface area contributed by atoms with Crippen LogP contribution in [-0.2, 0) is 0 Å². The second kappa shape index (κ2) is 4.07. The van der Waals surface area contributed by atoms with Crippen LogP contribution in [0, 0.1) is 0 Å². The van der Waals surface area contributed by atoms with Gasteiger partial charge in [0.15, 0.2) is 11.4 Å². The van der Waals surface area contributed by atoms with Gasteiger partial charge >= 0.3 is 5.97 Å². The van der Waals surface area contributed by atoms with E-state index in [2.05, 4.69) is 9.72 Å². The SMILES string of the molecule is COc1nc(C(=O)O)cc(C(F)F)c1O. The van der Waals surface area contributed by atoms with Gasteiger partial charge in [0, 0.05) is 0 Å². The van der Waals surface area contributed by atoms with Gasteiger partial charge in [0.2, 0.25) is 0 Å². The van der Waals surface area contributed by atoms with Crippen LogP contribution in [0.1, 0.15) is 22.5 Å². The Morgan fingerprint density at radius 3 is 2.60 bits per heavy atom. The van der Waals surface area contributed by atoms with Crippen LogP contribution >= 0.6 is 0 Å². The highest BCUT2D eigenvalue weighted by Gasteiger charge is 2.21. The van der Waals surface area contributed by atoms with E-state index in [4.69, 9.17) is 5.11 Å². The number of ether oxygens (including phenoxy) is 1. The van der Waals surface area contributed by atoms with Gasteiger partial charge in [-0.05, 0) is 6.07 Å². The quantitative estimate of drug-likeness (QED) is 0.803. The molecule has 0 aliphatic rings. The average Bonchev–Trinajstić information content (AvgIpc) is 2.17. The second-order valence-corrected chi connectivity index (χ2v) is 2.56. The van der Waals surface area contributed by atoms with E-state index >= 15 is 0 Å². The van der Waals surface area contributed by atoms with Crippen LogP contribution in [0.3, 0.4) is 0 Å². The molecule has 0 saturated carbocycles. The van der Waals surface area contributed by atoms with Gasteiger partial charge in [-0.15, -0.1) is 0 Å². The molecular formula is C8H7F2NO4. The van der Waals surface area contributed by atoms with Crippen molar-refractivity contribution in [3.8, 4) is 11.6 Å². The Morgan fingerprint density at radius 2 is 2.20 bits per heavy atom. The minimum Gasteiger partial charge on any atom is -0.503 e. The molecule has 82 valence electrons. The van der Waals surface area contributed by atoms with Crippen molar-refractivity contribution in [3.63, 3.8) is 0 Å². The number of alkyl halides is 2. The monoisotopic (exact) mass is 219 g/mol. The fourth-order valence-corrected chi connectivity index (χ4v) is 0.952. The molecule has 0 amide bonds. The van der Waals surface area contributed by atoms with Crippen molar-refractivity contribution >= 4 is 5.97 Å². The number of rotatable bonds is 3. The summed E-state index contributed by atoms with van der Waals surface area (Å²) in [6.07, 6.45) is -3.00. The Labute approximate surface area is 82.9 Å². The lowest BCUT2D eigenvalue weighted by molar-refractivity contribution is 0.0688. The number of aromatic nitrogens is 1. The van der Waals surface area contributed by atoms with E-state index in [0.717, 1.165) is 7.11 Å². The summed E-state index contributed by atoms with van der Waals surface area (Å²) < 4.78 is 29.2. The largest absolute Gasteiger partial charge is 0.503 e. The zero-order chi connectivity index (χ0) is 11.6. The molecule has 1 aromatic heterocycles. The average molecular weight is 219 g/mol. The van der Waals surface area contributed by atoms with Gasteiger partial charge in [0.05, 0.1) is 12.7 Å². The molecule has 2 N–H and O–H groups in total. The molecule has 0 spiro atoms. The summed E-state index contributed by atoms with van der Waals surface area (Å²) in [4.78, 5) is 13.8. The predicted octanol–water partition coefficient (Wildman–Crippen LogP) is 1.43. The summed E-state index contributed by atoms with van der Waals surface area (Å²) >= 11 is 0. The lowest BCUT2D eigenvalue weighted by atomic mass is 10.2. The molecule has 0 aliphatic carbocycles. The van der Waals surface area contributed by atoms with Crippen LogP contribution in [0.2, 0.25) is 0 Å². The van der Waals surface area contributed by atoms with Gasteiger partial charge < -0.3 is 14.9 Å². The lowest BCUT2D eigenvalue weighted by Crippen LogP contribution is -2.04. The molecule has 1 rings (SSSR count). The van der Waals surface area contributed by atoms with Crippen molar-refractivity contribution < 1.29 is 28.5 Å². The van der Waals surface area contributed by atoms with Crippen LogP contribution in [0.25, 0.3) is 0 Å². The van der Waals surface area contributed by atoms with Gasteiger partial charge in [-0.1, -0.05) is 0 Å². The fourth-order valence-electron chi connectivity index (χ4n) is 0.952. The molecule has 0 radical (unpaired) electrons. The van der Waals surface area contributed by atoms with Crippen LogP contribution in [-0.4, -0.2) is 28.3 Å². The van der Waals surface area contributed by atoms with Crippen LogP contribution < -0.4 is 4.74 Å². The number of aromatic carboxylic acids is 1. The number of carboxylic acids is 1. The molecule has 7 heteroatoms. The minimum atomic E-state index is -3.00. The molecule has 5 nitrogen and oxygen atoms in total. The van der Waals surface area contributed by atoms with Crippen molar-refractivity contribution in [2.24, 2.45) is 0 Å². The van der Waals surface area contributed by atoms with Crippen LogP contribution in [0.15, 0.2) is 6.07 Å². The van der Waals surface area contributed by atoms with Crippen molar-refractivity contribution in [2.45, 2.75) is 6.43 Å². The number of carboxylic acid groups (broad SMARTS) is 1. The zero-order valence-corrected chi connectivity index (χ0v) is 7.57. The Bertz CT molecular complexity index is 394. The molecule has 0 aromatic carbocycles. The molecule has 0 bridgehead atoms. The number of methoxy groups -OCH3 is 1. The maximum atomic E-state index is 12.4. The summed E-state index contributed by atoms with van der Waals surface area (Å²) in [5, 5.41) is 17.8. The summed E-state index contributed by atoms with van der Waals surface area (Å²) in [7, 11) is 1.09. The topological polar surface area (TPSA) is 79.7 Å². The van der Waals surface area contributed by atoms with E-state index in [1.165, 1.54) is 0 Å². The number of carbonyl (C=O) groups is 1. The molecule has 0 saturated heterocycles. The smallest absolute Gasteiger partial charge is 0.354 e. The van der Waals surface area contributed by atoms with Crippen molar-refractivity contribution in [2.75, 3.05) is 7.11 Å². The van der Waals surface area contributed by atoms with Crippen LogP contribution in [0.5, 0.6) is 11.6 Å². The number of aromatic hydroxyl groups is 1. The van der Waals surface area contributed by atoms with Crippen LogP contribution in [0.4, 0.5) is 8.78 Å². The van der Waals surface area contributed by atoms with Gasteiger partial charge in [0.1, 0.15) is 0 Å². The predicted molar refractivity (Wildman–Crippen MR) is 44.4 cm³/mol. The summed E-state index contributed by atoms with van der Waals surface area (Å²) in [5.74, 6) is -2.86. The van der Waals surface area contributed by atoms with Gasteiger partial charge in [0.25, 0.3) is 12.3 Å². The highest BCUT2D eigenvalue weighted by Crippen LogP contribution is 2.34. The van der Waals surface area contributed by atoms with E-state index in [0.29, 0.717) is 6.07 Å². The Morgan fingerprint density at radius 1 is 1.60 bits per heavy atom. The van der Waals surface area contributed by atoms with E-state index in [9.17, 15) is 18.7 Å². The maximum absolute atomic E-state index is 12.4. The molecule has 1 heterocycles. The number of halogens is 2. The molecule has 0 aliphatic heterocycles. The number of nitrogens with zero attached hydrogens (tertiary/aromatic N) is 1. The zero-order valence-electron chi connectivity index (χ0n) is 7.57. The summed E-state index contributed by atoms with van der Waals surface area (Å²) in [5.41, 5.74) is -1.43. The van der Waals surface area contributed by atoms with E-state index in [1.807, 2.05) is 0 Å². The van der Waals surface area contributed by atoms with E-state index in [-0.39, 0.29) is 0 Å². The Balaban J connectivity index is 3.38. The van der Waals surface area contributed by atoms with Gasteiger partial charge in [-0.3, -0.25) is 0 Å². The van der Waals surface area contributed by atoms with E-state index in [1.54, 1.807) is 0 Å². The van der Waals surface area contributed by atoms with Gasteiger partial charge in [-0.25, -0.2) is 18.6 Å². The van der Waals surface area contributed by atoms with Crippen molar-refractivity contribution in [1.29, 1.82) is 0 Å². The number of pyridine rings is 1. The third kappa shape index (κ3) is 2.12. The number of hydrogen-bond acceptors (Lipinski definition) is 4. The minimum absolute atomic E-state index is 0.537. The van der Waals surface area contributed by atoms with Gasteiger partial charge in [-0.2, -0.15) is 0 Å². The molecule has 0 fully saturated rings. The third-order valence-electron chi connectivity index (χ3n) is 1.64. The highest BCUT2D eigenvalue weighted by molar-refractivity contribution is 5.86. The Hall–Kier alpha value is -1.92. The molecule has 15 heavy (non-hydrogen) atoms. The fraction of sp³-hybridized carbons (Fsp3) is 0.250. The first-order valence-corrected chi connectivity index (χ1v) is 3.76. The first-order chi connectivity index (χ1) is 6.97. The standard InChI is InChI=1S/C8H7F2NO4/c1-15-7-5(12)3(6(9)10)2-4(11-7)8(13)14/h2,6,12H,1H3,(H,13,14). The summed E-state index contributed by atoms with van der Waals surface area (Å²) in [6.45, 7) is 0. The third-order valence-corrected chi connectivity index (χ3v) is 1.64. The molecular weight excluding hydrogens is 212 g/mol. The highest BCUT2D eigenvalue weighted by atomic mass is 19.3. The lowest BCUT2D eigenvalue weighted by Gasteiger charge is -2.08. The number of hydrogen-bond donors (Lipinski definition) is 2. The Kier molecular flexibility index (Phi) is 3.03. The first kappa shape index (κ1) is 11.2. The molecule has 1 aromatic rings. The second-order valence-electron chi connectivity index (χ2n) is 2.56. The normalized spacial score (nSPS) is 10.4. The van der Waals surface area contributed by atoms with E-state index < -0.39 is 35.3 Å². The molecule has 0 unspecified atom stereocenters. The summed E-state index contributed by atoms with van der Waals surface area (Å²) in [6, 6.07) is 0.602. The first-order valence-electron chi connectivity index (χ1n) is 3.76. The van der Waals surface area contributed by atoms with Crippen molar-refractivity contribution in [1.82, 2.24) is 4.98 Å². The maximum Gasteiger partial charge on any atom is 0.354 e. The molecule has 0 atom stereocenters. The van der Waals surface area contributed by atoms with Crippen molar-refractivity contribution in [3.05, 3.63) is 17.3 Å².